The van der Waals surface area contributed by atoms with Crippen molar-refractivity contribution < 1.29 is 5.11 Å². The monoisotopic (exact) mass is 363 g/mol. The number of fused-ring (bicyclic) bond motifs is 1. The zero-order valence-electron chi connectivity index (χ0n) is 16.0. The third-order valence-electron chi connectivity index (χ3n) is 5.20. The Balaban J connectivity index is 1.79. The van der Waals surface area contributed by atoms with Crippen LogP contribution < -0.4 is 5.32 Å². The number of nitrogens with zero attached hydrogens (tertiary/aromatic N) is 4. The molecule has 2 aromatic heterocycles. The first-order chi connectivity index (χ1) is 13.0. The van der Waals surface area contributed by atoms with Crippen LogP contribution in [0.4, 0.5) is 5.82 Å². The van der Waals surface area contributed by atoms with Crippen LogP contribution in [-0.2, 0) is 0 Å². The summed E-state index contributed by atoms with van der Waals surface area (Å²) in [6, 6.07) is 8.03. The molecule has 2 N–H and O–H groups in total. The number of rotatable bonds is 3. The van der Waals surface area contributed by atoms with Crippen LogP contribution in [0, 0.1) is 13.8 Å². The number of piperidine rings is 1. The number of pyridine rings is 1. The van der Waals surface area contributed by atoms with Gasteiger partial charge in [0.15, 0.2) is 5.82 Å². The third kappa shape index (κ3) is 3.45. The molecule has 0 aliphatic carbocycles. The molecule has 27 heavy (non-hydrogen) atoms. The van der Waals surface area contributed by atoms with Gasteiger partial charge in [-0.25, -0.2) is 0 Å². The number of nitrogens with one attached hydrogen (secondary N) is 1. The van der Waals surface area contributed by atoms with Crippen molar-refractivity contribution >= 4 is 16.7 Å². The Morgan fingerprint density at radius 3 is 2.85 bits per heavy atom. The standard InChI is InChI=1S/C21H25N5O/c1-13-10-14(2)18(17(27)11-13)19-16-7-4-8-22-20(16)21(25-24-19)23-15-6-5-9-26(3)12-15/h4,7-8,10-11,15,27H,5-6,9,12H2,1-3H3,(H,23,25). The maximum Gasteiger partial charge on any atom is 0.175 e. The molecule has 1 fully saturated rings. The number of aromatic hydroxyl groups is 1. The van der Waals surface area contributed by atoms with Crippen LogP contribution in [0.5, 0.6) is 5.75 Å². The summed E-state index contributed by atoms with van der Waals surface area (Å²) in [6.45, 7) is 6.06. The first-order valence-corrected chi connectivity index (χ1v) is 9.40. The van der Waals surface area contributed by atoms with E-state index in [-0.39, 0.29) is 5.75 Å². The molecule has 0 radical (unpaired) electrons. The minimum absolute atomic E-state index is 0.224. The van der Waals surface area contributed by atoms with E-state index in [2.05, 4.69) is 32.4 Å². The summed E-state index contributed by atoms with van der Waals surface area (Å²) in [6.07, 6.45) is 4.05. The van der Waals surface area contributed by atoms with Crippen molar-refractivity contribution in [2.24, 2.45) is 0 Å². The summed E-state index contributed by atoms with van der Waals surface area (Å²) < 4.78 is 0. The van der Waals surface area contributed by atoms with E-state index in [1.165, 1.54) is 6.42 Å². The van der Waals surface area contributed by atoms with Crippen molar-refractivity contribution in [3.63, 3.8) is 0 Å². The SMILES string of the molecule is Cc1cc(C)c(-c2nnc(NC3CCCN(C)C3)c3ncccc23)c(O)c1. The predicted molar refractivity (Wildman–Crippen MR) is 108 cm³/mol. The average molecular weight is 363 g/mol. The summed E-state index contributed by atoms with van der Waals surface area (Å²) in [7, 11) is 2.14. The molecule has 1 aromatic carbocycles. The van der Waals surface area contributed by atoms with E-state index < -0.39 is 0 Å². The van der Waals surface area contributed by atoms with E-state index in [0.29, 0.717) is 17.6 Å². The first-order valence-electron chi connectivity index (χ1n) is 9.40. The normalized spacial score (nSPS) is 18.0. The molecule has 3 heterocycles. The second-order valence-electron chi connectivity index (χ2n) is 7.52. The van der Waals surface area contributed by atoms with Crippen molar-refractivity contribution in [3.05, 3.63) is 41.6 Å². The third-order valence-corrected chi connectivity index (χ3v) is 5.20. The number of phenolic OH excluding ortho intramolecular Hbond substituents is 1. The van der Waals surface area contributed by atoms with Gasteiger partial charge in [-0.3, -0.25) is 4.98 Å². The smallest absolute Gasteiger partial charge is 0.175 e. The molecule has 1 aliphatic heterocycles. The second-order valence-corrected chi connectivity index (χ2v) is 7.52. The van der Waals surface area contributed by atoms with Gasteiger partial charge in [-0.1, -0.05) is 6.07 Å². The Labute approximate surface area is 159 Å². The Morgan fingerprint density at radius 2 is 2.07 bits per heavy atom. The van der Waals surface area contributed by atoms with Crippen molar-refractivity contribution in [2.75, 3.05) is 25.5 Å². The van der Waals surface area contributed by atoms with Gasteiger partial charge in [0.05, 0.1) is 0 Å². The highest BCUT2D eigenvalue weighted by Crippen LogP contribution is 2.37. The van der Waals surface area contributed by atoms with E-state index in [4.69, 9.17) is 0 Å². The van der Waals surface area contributed by atoms with Crippen LogP contribution in [0.15, 0.2) is 30.5 Å². The summed E-state index contributed by atoms with van der Waals surface area (Å²) in [4.78, 5) is 6.89. The van der Waals surface area contributed by atoms with Gasteiger partial charge in [0.25, 0.3) is 0 Å². The highest BCUT2D eigenvalue weighted by atomic mass is 16.3. The van der Waals surface area contributed by atoms with Gasteiger partial charge in [0.1, 0.15) is 17.0 Å². The Hall–Kier alpha value is -2.73. The second kappa shape index (κ2) is 7.12. The lowest BCUT2D eigenvalue weighted by molar-refractivity contribution is 0.261. The molecule has 0 bridgehead atoms. The fourth-order valence-corrected chi connectivity index (χ4v) is 4.00. The number of likely N-dealkylation sites (N-methyl/N-ethyl adjacent to an activating group) is 1. The lowest BCUT2D eigenvalue weighted by atomic mass is 9.99. The van der Waals surface area contributed by atoms with E-state index in [1.807, 2.05) is 32.0 Å². The molecular formula is C21H25N5O. The lowest BCUT2D eigenvalue weighted by Gasteiger charge is -2.30. The highest BCUT2D eigenvalue weighted by molar-refractivity contribution is 5.99. The number of likely N-dealkylation sites (tertiary alicyclic amines) is 1. The van der Waals surface area contributed by atoms with Crippen LogP contribution in [0.1, 0.15) is 24.0 Å². The molecular weight excluding hydrogens is 338 g/mol. The molecule has 140 valence electrons. The molecule has 6 nitrogen and oxygen atoms in total. The number of anilines is 1. The molecule has 4 rings (SSSR count). The number of hydrogen-bond donors (Lipinski definition) is 2. The Morgan fingerprint density at radius 1 is 1.22 bits per heavy atom. The van der Waals surface area contributed by atoms with Crippen molar-refractivity contribution in [3.8, 4) is 17.0 Å². The van der Waals surface area contributed by atoms with Gasteiger partial charge in [0.2, 0.25) is 0 Å². The molecule has 1 saturated heterocycles. The number of benzene rings is 1. The van der Waals surface area contributed by atoms with Gasteiger partial charge in [0, 0.05) is 29.7 Å². The minimum atomic E-state index is 0.224. The van der Waals surface area contributed by atoms with Gasteiger partial charge in [-0.15, -0.1) is 10.2 Å². The number of hydrogen-bond acceptors (Lipinski definition) is 6. The van der Waals surface area contributed by atoms with Crippen molar-refractivity contribution in [2.45, 2.75) is 32.7 Å². The van der Waals surface area contributed by atoms with E-state index >= 15 is 0 Å². The summed E-state index contributed by atoms with van der Waals surface area (Å²) in [5.41, 5.74) is 4.16. The van der Waals surface area contributed by atoms with Gasteiger partial charge in [-0.2, -0.15) is 0 Å². The van der Waals surface area contributed by atoms with Crippen molar-refractivity contribution in [1.29, 1.82) is 0 Å². The molecule has 0 spiro atoms. The number of aryl methyl sites for hydroxylation is 2. The summed E-state index contributed by atoms with van der Waals surface area (Å²) in [5.74, 6) is 0.931. The predicted octanol–water partition coefficient (Wildman–Crippen LogP) is 3.52. The van der Waals surface area contributed by atoms with Crippen LogP contribution in [-0.4, -0.2) is 51.4 Å². The van der Waals surface area contributed by atoms with E-state index in [0.717, 1.165) is 47.1 Å². The molecule has 1 unspecified atom stereocenters. The van der Waals surface area contributed by atoms with Gasteiger partial charge >= 0.3 is 0 Å². The molecule has 0 saturated carbocycles. The number of aromatic nitrogens is 3. The van der Waals surface area contributed by atoms with Crippen molar-refractivity contribution in [1.82, 2.24) is 20.1 Å². The quantitative estimate of drug-likeness (QED) is 0.742. The van der Waals surface area contributed by atoms with Crippen LogP contribution in [0.25, 0.3) is 22.2 Å². The molecule has 3 aromatic rings. The van der Waals surface area contributed by atoms with E-state index in [1.54, 1.807) is 12.3 Å². The zero-order chi connectivity index (χ0) is 19.0. The summed E-state index contributed by atoms with van der Waals surface area (Å²) in [5, 5.41) is 23.9. The Kier molecular flexibility index (Phi) is 4.66. The molecule has 6 heteroatoms. The fraction of sp³-hybridized carbons (Fsp3) is 0.381. The zero-order valence-corrected chi connectivity index (χ0v) is 16.0. The maximum absolute atomic E-state index is 10.5. The van der Waals surface area contributed by atoms with Crippen LogP contribution >= 0.6 is 0 Å². The topological polar surface area (TPSA) is 74.2 Å². The fourth-order valence-electron chi connectivity index (χ4n) is 4.00. The van der Waals surface area contributed by atoms with Crippen LogP contribution in [0.2, 0.25) is 0 Å². The van der Waals surface area contributed by atoms with Gasteiger partial charge < -0.3 is 15.3 Å². The average Bonchev–Trinajstić information content (AvgIpc) is 2.62. The van der Waals surface area contributed by atoms with Gasteiger partial charge in [-0.05, 0) is 69.6 Å². The first kappa shape index (κ1) is 17.7. The molecule has 0 amide bonds. The summed E-state index contributed by atoms with van der Waals surface area (Å²) >= 11 is 0. The highest BCUT2D eigenvalue weighted by Gasteiger charge is 2.21. The minimum Gasteiger partial charge on any atom is -0.507 e. The Bertz CT molecular complexity index is 964. The number of phenols is 1. The lowest BCUT2D eigenvalue weighted by Crippen LogP contribution is -2.40. The van der Waals surface area contributed by atoms with E-state index in [9.17, 15) is 5.11 Å². The largest absolute Gasteiger partial charge is 0.507 e. The molecule has 1 aliphatic rings. The molecule has 1 atom stereocenters. The maximum atomic E-state index is 10.5. The van der Waals surface area contributed by atoms with Crippen LogP contribution in [0.3, 0.4) is 0 Å².